The summed E-state index contributed by atoms with van der Waals surface area (Å²) in [7, 11) is 0. The van der Waals surface area contributed by atoms with Crippen LogP contribution in [-0.4, -0.2) is 15.9 Å². The van der Waals surface area contributed by atoms with Gasteiger partial charge in [-0.05, 0) is 67.8 Å². The third kappa shape index (κ3) is 3.89. The summed E-state index contributed by atoms with van der Waals surface area (Å²) in [4.78, 5) is 20.4. The molecule has 0 saturated carbocycles. The number of carbonyl (C=O) groups excluding carboxylic acids is 1. The first-order valence-electron chi connectivity index (χ1n) is 10.3. The molecule has 2 heterocycles. The number of nitrogens with zero attached hydrogens (tertiary/aromatic N) is 2. The van der Waals surface area contributed by atoms with Crippen LogP contribution in [0.1, 0.15) is 38.2 Å². The van der Waals surface area contributed by atoms with Gasteiger partial charge in [-0.25, -0.2) is 4.98 Å². The second-order valence-electron chi connectivity index (χ2n) is 7.77. The molecule has 0 unspecified atom stereocenters. The highest BCUT2D eigenvalue weighted by molar-refractivity contribution is 6.00. The number of pyridine rings is 2. The fraction of sp³-hybridized carbons (Fsp3) is 0.107. The average Bonchev–Trinajstić information content (AvgIpc) is 2.80. The van der Waals surface area contributed by atoms with Crippen molar-refractivity contribution in [3.8, 4) is 23.1 Å². The summed E-state index contributed by atoms with van der Waals surface area (Å²) < 4.78 is 0. The van der Waals surface area contributed by atoms with Crippen molar-refractivity contribution in [3.05, 3.63) is 101 Å². The molecule has 4 nitrogen and oxygen atoms in total. The molecule has 0 radical (unpaired) electrons. The molecule has 0 aliphatic rings. The van der Waals surface area contributed by atoms with E-state index in [2.05, 4.69) is 50.2 Å². The maximum Gasteiger partial charge on any atom is 0.248 e. The lowest BCUT2D eigenvalue weighted by atomic mass is 9.90. The molecule has 156 valence electrons. The van der Waals surface area contributed by atoms with Gasteiger partial charge in [0, 0.05) is 45.6 Å². The Morgan fingerprint density at radius 2 is 1.62 bits per heavy atom. The second kappa shape index (κ2) is 8.49. The number of allylic oxidation sites excluding steroid dienone is 1. The van der Waals surface area contributed by atoms with Gasteiger partial charge in [-0.2, -0.15) is 0 Å². The van der Waals surface area contributed by atoms with Gasteiger partial charge < -0.3 is 5.73 Å². The number of hydrogen-bond donors (Lipinski definition) is 1. The smallest absolute Gasteiger partial charge is 0.248 e. The molecule has 0 fully saturated rings. The number of aromatic nitrogens is 2. The highest BCUT2D eigenvalue weighted by atomic mass is 16.1. The lowest BCUT2D eigenvalue weighted by Gasteiger charge is -2.16. The second-order valence-corrected chi connectivity index (χ2v) is 7.77. The molecule has 1 amide bonds. The van der Waals surface area contributed by atoms with Gasteiger partial charge in [0.1, 0.15) is 0 Å². The Labute approximate surface area is 187 Å². The van der Waals surface area contributed by atoms with E-state index in [0.717, 1.165) is 55.6 Å². The first-order chi connectivity index (χ1) is 15.4. The summed E-state index contributed by atoms with van der Waals surface area (Å²) in [5, 5.41) is 1.06. The monoisotopic (exact) mass is 417 g/mol. The van der Waals surface area contributed by atoms with Crippen LogP contribution in [0.25, 0.3) is 27.7 Å². The van der Waals surface area contributed by atoms with Crippen LogP contribution in [0.3, 0.4) is 0 Å². The molecule has 4 rings (SSSR count). The summed E-state index contributed by atoms with van der Waals surface area (Å²) in [6.07, 6.45) is 3.45. The number of nitrogens with two attached hydrogens (primary N) is 1. The van der Waals surface area contributed by atoms with E-state index in [9.17, 15) is 4.79 Å². The van der Waals surface area contributed by atoms with Crippen LogP contribution in [0, 0.1) is 32.6 Å². The minimum Gasteiger partial charge on any atom is -0.366 e. The zero-order valence-electron chi connectivity index (χ0n) is 18.4. The third-order valence-electron chi connectivity index (χ3n) is 5.70. The minimum atomic E-state index is -0.442. The van der Waals surface area contributed by atoms with Crippen molar-refractivity contribution in [2.75, 3.05) is 0 Å². The molecule has 32 heavy (non-hydrogen) atoms. The topological polar surface area (TPSA) is 68.9 Å². The van der Waals surface area contributed by atoms with Crippen molar-refractivity contribution >= 4 is 22.4 Å². The number of benzene rings is 2. The largest absolute Gasteiger partial charge is 0.366 e. The number of amides is 1. The fourth-order valence-electron chi connectivity index (χ4n) is 3.85. The van der Waals surface area contributed by atoms with Crippen molar-refractivity contribution in [2.45, 2.75) is 20.8 Å². The van der Waals surface area contributed by atoms with Gasteiger partial charge >= 0.3 is 0 Å². The van der Waals surface area contributed by atoms with Gasteiger partial charge in [0.25, 0.3) is 0 Å². The van der Waals surface area contributed by atoms with Crippen LogP contribution in [-0.2, 0) is 0 Å². The Morgan fingerprint density at radius 3 is 2.28 bits per heavy atom. The van der Waals surface area contributed by atoms with Crippen molar-refractivity contribution in [1.82, 2.24) is 9.97 Å². The van der Waals surface area contributed by atoms with Gasteiger partial charge in [0.05, 0.1) is 11.2 Å². The van der Waals surface area contributed by atoms with Crippen LogP contribution >= 0.6 is 0 Å². The molecule has 0 spiro atoms. The van der Waals surface area contributed by atoms with Crippen molar-refractivity contribution in [3.63, 3.8) is 0 Å². The van der Waals surface area contributed by atoms with Gasteiger partial charge in [-0.15, -0.1) is 0 Å². The average molecular weight is 418 g/mol. The molecular weight excluding hydrogens is 394 g/mol. The SMILES string of the molecule is C=C(C#Cc1ccncc1)c1c(C)ccc2nc(-c3ccc(C(N)=O)cc3)c(C)c(C)c12. The van der Waals surface area contributed by atoms with Crippen molar-refractivity contribution in [1.29, 1.82) is 0 Å². The molecular formula is C28H23N3O. The van der Waals surface area contributed by atoms with E-state index in [1.165, 1.54) is 0 Å². The molecule has 0 aliphatic heterocycles. The summed E-state index contributed by atoms with van der Waals surface area (Å²) in [5.74, 6) is 5.94. The third-order valence-corrected chi connectivity index (χ3v) is 5.70. The molecule has 4 aromatic rings. The fourth-order valence-corrected chi connectivity index (χ4v) is 3.85. The van der Waals surface area contributed by atoms with Crippen LogP contribution in [0.2, 0.25) is 0 Å². The van der Waals surface area contributed by atoms with Crippen molar-refractivity contribution < 1.29 is 4.79 Å². The molecule has 2 N–H and O–H groups in total. The zero-order chi connectivity index (χ0) is 22.8. The number of carbonyl (C=O) groups is 1. The molecule has 2 aromatic carbocycles. The van der Waals surface area contributed by atoms with Crippen LogP contribution in [0.4, 0.5) is 0 Å². The lowest BCUT2D eigenvalue weighted by molar-refractivity contribution is 0.100. The predicted molar refractivity (Wildman–Crippen MR) is 130 cm³/mol. The molecule has 2 aromatic heterocycles. The summed E-state index contributed by atoms with van der Waals surface area (Å²) in [5.41, 5.74) is 14.5. The highest BCUT2D eigenvalue weighted by Crippen LogP contribution is 2.34. The molecule has 0 aliphatic carbocycles. The lowest BCUT2D eigenvalue weighted by Crippen LogP contribution is -2.10. The van der Waals surface area contributed by atoms with Gasteiger partial charge in [-0.1, -0.05) is 36.6 Å². The Balaban J connectivity index is 1.85. The molecule has 0 atom stereocenters. The summed E-state index contributed by atoms with van der Waals surface area (Å²) in [6, 6.07) is 15.1. The number of hydrogen-bond acceptors (Lipinski definition) is 3. The van der Waals surface area contributed by atoms with Crippen molar-refractivity contribution in [2.24, 2.45) is 5.73 Å². The van der Waals surface area contributed by atoms with Crippen LogP contribution in [0.5, 0.6) is 0 Å². The van der Waals surface area contributed by atoms with E-state index in [0.29, 0.717) is 5.56 Å². The summed E-state index contributed by atoms with van der Waals surface area (Å²) in [6.45, 7) is 10.5. The van der Waals surface area contributed by atoms with E-state index < -0.39 is 5.91 Å². The number of primary amides is 1. The zero-order valence-corrected chi connectivity index (χ0v) is 18.4. The molecule has 0 bridgehead atoms. The van der Waals surface area contributed by atoms with Gasteiger partial charge in [0.2, 0.25) is 5.91 Å². The van der Waals surface area contributed by atoms with Gasteiger partial charge in [0.15, 0.2) is 0 Å². The molecule has 4 heteroatoms. The first-order valence-corrected chi connectivity index (χ1v) is 10.3. The standard InChI is InChI=1S/C28H23N3O/c1-17(5-7-21-13-15-30-16-14-21)25-18(2)6-12-24-26(25)19(3)20(4)27(31-24)22-8-10-23(11-9-22)28(29)32/h6,8-16H,1H2,2-4H3,(H2,29,32). The minimum absolute atomic E-state index is 0.442. The first kappa shape index (κ1) is 21.0. The number of fused-ring (bicyclic) bond motifs is 1. The van der Waals surface area contributed by atoms with E-state index >= 15 is 0 Å². The number of rotatable bonds is 3. The van der Waals surface area contributed by atoms with Gasteiger partial charge in [-0.3, -0.25) is 9.78 Å². The number of aryl methyl sites for hydroxylation is 2. The normalized spacial score (nSPS) is 10.5. The van der Waals surface area contributed by atoms with Crippen LogP contribution < -0.4 is 5.73 Å². The maximum absolute atomic E-state index is 11.4. The van der Waals surface area contributed by atoms with Crippen LogP contribution in [0.15, 0.2) is 67.5 Å². The molecule has 0 saturated heterocycles. The predicted octanol–water partition coefficient (Wildman–Crippen LogP) is 5.39. The quantitative estimate of drug-likeness (QED) is 0.455. The van der Waals surface area contributed by atoms with E-state index in [1.807, 2.05) is 30.3 Å². The Bertz CT molecular complexity index is 1420. The highest BCUT2D eigenvalue weighted by Gasteiger charge is 2.16. The van der Waals surface area contributed by atoms with E-state index in [4.69, 9.17) is 10.7 Å². The Morgan fingerprint density at radius 1 is 0.938 bits per heavy atom. The van der Waals surface area contributed by atoms with E-state index in [1.54, 1.807) is 24.5 Å². The Hall–Kier alpha value is -4.23. The summed E-state index contributed by atoms with van der Waals surface area (Å²) >= 11 is 0. The van der Waals surface area contributed by atoms with E-state index in [-0.39, 0.29) is 0 Å². The Kier molecular flexibility index (Phi) is 5.57. The maximum atomic E-state index is 11.4.